The third-order valence-corrected chi connectivity index (χ3v) is 4.36. The Labute approximate surface area is 150 Å². The van der Waals surface area contributed by atoms with Gasteiger partial charge in [-0.25, -0.2) is 9.18 Å². The fraction of sp³-hybridized carbons (Fsp3) is 0.250. The average Bonchev–Trinajstić information content (AvgIpc) is 2.58. The second-order valence-electron chi connectivity index (χ2n) is 5.88. The molecule has 0 saturated carbocycles. The Morgan fingerprint density at radius 1 is 1.12 bits per heavy atom. The summed E-state index contributed by atoms with van der Waals surface area (Å²) in [5, 5.41) is 1.23. The summed E-state index contributed by atoms with van der Waals surface area (Å²) in [7, 11) is 0. The van der Waals surface area contributed by atoms with Crippen LogP contribution in [0.25, 0.3) is 11.0 Å². The third kappa shape index (κ3) is 4.20. The predicted octanol–water partition coefficient (Wildman–Crippen LogP) is 5.51. The van der Waals surface area contributed by atoms with Crippen LogP contribution in [0.2, 0.25) is 5.02 Å². The predicted molar refractivity (Wildman–Crippen MR) is 96.8 cm³/mol. The molecule has 25 heavy (non-hydrogen) atoms. The molecule has 3 aromatic rings. The van der Waals surface area contributed by atoms with Crippen LogP contribution in [0.1, 0.15) is 30.9 Å². The van der Waals surface area contributed by atoms with Crippen molar-refractivity contribution < 1.29 is 13.5 Å². The van der Waals surface area contributed by atoms with Crippen LogP contribution in [-0.2, 0) is 13.0 Å². The average molecular weight is 361 g/mol. The maximum absolute atomic E-state index is 13.1. The smallest absolute Gasteiger partial charge is 0.336 e. The Kier molecular flexibility index (Phi) is 5.39. The van der Waals surface area contributed by atoms with Gasteiger partial charge in [0, 0.05) is 23.1 Å². The molecule has 0 amide bonds. The van der Waals surface area contributed by atoms with E-state index in [0.717, 1.165) is 30.2 Å². The second-order valence-corrected chi connectivity index (χ2v) is 6.28. The number of benzene rings is 2. The molecule has 3 rings (SSSR count). The molecule has 130 valence electrons. The molecule has 0 unspecified atom stereocenters. The molecule has 0 aliphatic carbocycles. The van der Waals surface area contributed by atoms with Gasteiger partial charge < -0.3 is 9.15 Å². The SMILES string of the molecule is CCCCc1cc(=O)oc2cc(OCc3ccc(F)cc3Cl)ccc12. The molecule has 5 heteroatoms. The molecule has 3 nitrogen and oxygen atoms in total. The van der Waals surface area contributed by atoms with Gasteiger partial charge in [-0.3, -0.25) is 0 Å². The number of ether oxygens (including phenoxy) is 1. The molecule has 0 bridgehead atoms. The lowest BCUT2D eigenvalue weighted by atomic mass is 10.0. The highest BCUT2D eigenvalue weighted by Gasteiger charge is 2.08. The normalized spacial score (nSPS) is 11.0. The highest BCUT2D eigenvalue weighted by Crippen LogP contribution is 2.25. The Bertz CT molecular complexity index is 949. The van der Waals surface area contributed by atoms with Crippen LogP contribution in [-0.4, -0.2) is 0 Å². The van der Waals surface area contributed by atoms with Crippen LogP contribution < -0.4 is 10.4 Å². The summed E-state index contributed by atoms with van der Waals surface area (Å²) in [4.78, 5) is 11.8. The summed E-state index contributed by atoms with van der Waals surface area (Å²) in [5.74, 6) is 0.171. The van der Waals surface area contributed by atoms with Gasteiger partial charge in [-0.05, 0) is 42.7 Å². The minimum atomic E-state index is -0.388. The molecular weight excluding hydrogens is 343 g/mol. The Hall–Kier alpha value is -2.33. The zero-order chi connectivity index (χ0) is 17.8. The molecule has 0 aliphatic rings. The highest BCUT2D eigenvalue weighted by atomic mass is 35.5. The second kappa shape index (κ2) is 7.70. The van der Waals surface area contributed by atoms with E-state index >= 15 is 0 Å². The summed E-state index contributed by atoms with van der Waals surface area (Å²) in [5.41, 5.74) is 1.81. The first-order chi connectivity index (χ1) is 12.1. The highest BCUT2D eigenvalue weighted by molar-refractivity contribution is 6.31. The molecule has 0 radical (unpaired) electrons. The van der Waals surface area contributed by atoms with Gasteiger partial charge >= 0.3 is 5.63 Å². The summed E-state index contributed by atoms with van der Waals surface area (Å²) < 4.78 is 24.1. The quantitative estimate of drug-likeness (QED) is 0.544. The number of aryl methyl sites for hydroxylation is 1. The van der Waals surface area contributed by atoms with Crippen molar-refractivity contribution in [2.75, 3.05) is 0 Å². The zero-order valence-electron chi connectivity index (χ0n) is 13.9. The summed E-state index contributed by atoms with van der Waals surface area (Å²) in [6.07, 6.45) is 2.91. The van der Waals surface area contributed by atoms with Gasteiger partial charge in [0.25, 0.3) is 0 Å². The Morgan fingerprint density at radius 3 is 2.72 bits per heavy atom. The molecule has 0 atom stereocenters. The number of hydrogen-bond donors (Lipinski definition) is 0. The van der Waals surface area contributed by atoms with Crippen molar-refractivity contribution in [3.8, 4) is 5.75 Å². The summed E-state index contributed by atoms with van der Waals surface area (Å²) in [6, 6.07) is 11.1. The first-order valence-electron chi connectivity index (χ1n) is 8.20. The van der Waals surface area contributed by atoms with Crippen LogP contribution in [0.3, 0.4) is 0 Å². The molecule has 0 spiro atoms. The lowest BCUT2D eigenvalue weighted by Crippen LogP contribution is -2.01. The largest absolute Gasteiger partial charge is 0.489 e. The van der Waals surface area contributed by atoms with Gasteiger partial charge in [0.15, 0.2) is 0 Å². The fourth-order valence-electron chi connectivity index (χ4n) is 2.67. The van der Waals surface area contributed by atoms with E-state index in [-0.39, 0.29) is 18.0 Å². The standard InChI is InChI=1S/C20H18ClFO3/c1-2-3-4-13-9-20(23)25-19-11-16(7-8-17(13)19)24-12-14-5-6-15(22)10-18(14)21/h5-11H,2-4,12H2,1H3. The van der Waals surface area contributed by atoms with Crippen molar-refractivity contribution in [2.24, 2.45) is 0 Å². The molecule has 0 aliphatic heterocycles. The van der Waals surface area contributed by atoms with E-state index in [2.05, 4.69) is 6.92 Å². The van der Waals surface area contributed by atoms with Gasteiger partial charge in [-0.1, -0.05) is 31.0 Å². The van der Waals surface area contributed by atoms with Crippen LogP contribution >= 0.6 is 11.6 Å². The van der Waals surface area contributed by atoms with E-state index in [9.17, 15) is 9.18 Å². The summed E-state index contributed by atoms with van der Waals surface area (Å²) >= 11 is 6.00. The van der Waals surface area contributed by atoms with Crippen LogP contribution in [0.5, 0.6) is 5.75 Å². The van der Waals surface area contributed by atoms with Crippen molar-refractivity contribution in [3.63, 3.8) is 0 Å². The molecule has 0 N–H and O–H groups in total. The van der Waals surface area contributed by atoms with Crippen LogP contribution in [0.4, 0.5) is 4.39 Å². The molecule has 1 heterocycles. The Balaban J connectivity index is 1.84. The molecule has 0 fully saturated rings. The van der Waals surface area contributed by atoms with Gasteiger partial charge in [0.05, 0.1) is 5.02 Å². The van der Waals surface area contributed by atoms with Crippen molar-refractivity contribution >= 4 is 22.6 Å². The number of hydrogen-bond acceptors (Lipinski definition) is 3. The molecular formula is C20H18ClFO3. The Morgan fingerprint density at radius 2 is 1.96 bits per heavy atom. The topological polar surface area (TPSA) is 39.4 Å². The van der Waals surface area contributed by atoms with Crippen molar-refractivity contribution in [1.29, 1.82) is 0 Å². The maximum atomic E-state index is 13.1. The van der Waals surface area contributed by atoms with E-state index < -0.39 is 0 Å². The minimum Gasteiger partial charge on any atom is -0.489 e. The van der Waals surface area contributed by atoms with Gasteiger partial charge in [0.1, 0.15) is 23.8 Å². The van der Waals surface area contributed by atoms with Crippen molar-refractivity contribution in [1.82, 2.24) is 0 Å². The van der Waals surface area contributed by atoms with Crippen LogP contribution in [0.15, 0.2) is 51.7 Å². The number of rotatable bonds is 6. The molecule has 0 saturated heterocycles. The number of halogens is 2. The molecule has 2 aromatic carbocycles. The first-order valence-corrected chi connectivity index (χ1v) is 8.58. The van der Waals surface area contributed by atoms with Gasteiger partial charge in [-0.2, -0.15) is 0 Å². The van der Waals surface area contributed by atoms with E-state index in [1.54, 1.807) is 18.2 Å². The zero-order valence-corrected chi connectivity index (χ0v) is 14.6. The van der Waals surface area contributed by atoms with Crippen molar-refractivity contribution in [2.45, 2.75) is 32.8 Å². The van der Waals surface area contributed by atoms with E-state index in [1.807, 2.05) is 12.1 Å². The van der Waals surface area contributed by atoms with Gasteiger partial charge in [-0.15, -0.1) is 0 Å². The monoisotopic (exact) mass is 360 g/mol. The number of fused-ring (bicyclic) bond motifs is 1. The lowest BCUT2D eigenvalue weighted by molar-refractivity contribution is 0.306. The fourth-order valence-corrected chi connectivity index (χ4v) is 2.90. The first kappa shape index (κ1) is 17.5. The minimum absolute atomic E-state index is 0.199. The van der Waals surface area contributed by atoms with Gasteiger partial charge in [0.2, 0.25) is 0 Å². The number of unbranched alkanes of at least 4 members (excludes halogenated alkanes) is 1. The van der Waals surface area contributed by atoms with E-state index in [4.69, 9.17) is 20.8 Å². The lowest BCUT2D eigenvalue weighted by Gasteiger charge is -2.10. The maximum Gasteiger partial charge on any atom is 0.336 e. The van der Waals surface area contributed by atoms with Crippen molar-refractivity contribution in [3.05, 3.63) is 74.9 Å². The summed E-state index contributed by atoms with van der Waals surface area (Å²) in [6.45, 7) is 2.31. The molecule has 1 aromatic heterocycles. The van der Waals surface area contributed by atoms with E-state index in [1.165, 1.54) is 12.1 Å². The van der Waals surface area contributed by atoms with Crippen LogP contribution in [0, 0.1) is 5.82 Å². The van der Waals surface area contributed by atoms with E-state index in [0.29, 0.717) is 21.9 Å². The third-order valence-electron chi connectivity index (χ3n) is 4.01.